The molecule has 1 amide bonds. The van der Waals surface area contributed by atoms with Gasteiger partial charge in [-0.3, -0.25) is 4.79 Å². The summed E-state index contributed by atoms with van der Waals surface area (Å²) in [5.74, 6) is 0.769. The van der Waals surface area contributed by atoms with Crippen molar-refractivity contribution in [3.63, 3.8) is 0 Å². The standard InChI is InChI=1S/C12H20N4OS/c1-12(2,3)11(17)14-8-7-13-9-5-6-10(18-4)16-15-9/h5-6H,7-8H2,1-4H3,(H,13,15)(H,14,17). The van der Waals surface area contributed by atoms with Crippen molar-refractivity contribution in [3.8, 4) is 0 Å². The Morgan fingerprint density at radius 1 is 1.28 bits per heavy atom. The van der Waals surface area contributed by atoms with Crippen LogP contribution in [0.25, 0.3) is 0 Å². The normalized spacial score (nSPS) is 11.1. The van der Waals surface area contributed by atoms with Crippen molar-refractivity contribution in [1.29, 1.82) is 0 Å². The number of hydrogen-bond acceptors (Lipinski definition) is 5. The highest BCUT2D eigenvalue weighted by atomic mass is 32.2. The SMILES string of the molecule is CSc1ccc(NCCNC(=O)C(C)(C)C)nn1. The third kappa shape index (κ3) is 4.91. The fraction of sp³-hybridized carbons (Fsp3) is 0.583. The number of thioether (sulfide) groups is 1. The number of nitrogens with zero attached hydrogens (tertiary/aromatic N) is 2. The monoisotopic (exact) mass is 268 g/mol. The maximum atomic E-state index is 11.6. The summed E-state index contributed by atoms with van der Waals surface area (Å²) in [4.78, 5) is 11.6. The number of hydrogen-bond donors (Lipinski definition) is 2. The van der Waals surface area contributed by atoms with Crippen molar-refractivity contribution >= 4 is 23.5 Å². The van der Waals surface area contributed by atoms with E-state index in [0.717, 1.165) is 10.8 Å². The van der Waals surface area contributed by atoms with Crippen LogP contribution in [0, 0.1) is 5.41 Å². The summed E-state index contributed by atoms with van der Waals surface area (Å²) in [7, 11) is 0. The summed E-state index contributed by atoms with van der Waals surface area (Å²) in [5, 5.41) is 14.9. The zero-order valence-corrected chi connectivity index (χ0v) is 12.1. The molecule has 0 aliphatic carbocycles. The first-order valence-corrected chi connectivity index (χ1v) is 7.06. The molecule has 0 bridgehead atoms. The molecule has 6 heteroatoms. The van der Waals surface area contributed by atoms with Crippen molar-refractivity contribution < 1.29 is 4.79 Å². The molecule has 0 aromatic carbocycles. The van der Waals surface area contributed by atoms with E-state index in [9.17, 15) is 4.79 Å². The quantitative estimate of drug-likeness (QED) is 0.629. The van der Waals surface area contributed by atoms with Crippen LogP contribution in [0.4, 0.5) is 5.82 Å². The summed E-state index contributed by atoms with van der Waals surface area (Å²) < 4.78 is 0. The van der Waals surface area contributed by atoms with Crippen molar-refractivity contribution in [2.75, 3.05) is 24.7 Å². The van der Waals surface area contributed by atoms with Gasteiger partial charge in [-0.2, -0.15) is 0 Å². The number of carbonyl (C=O) groups is 1. The van der Waals surface area contributed by atoms with Crippen LogP contribution in [0.1, 0.15) is 20.8 Å². The topological polar surface area (TPSA) is 66.9 Å². The Bertz CT molecular complexity index is 386. The molecule has 0 fully saturated rings. The molecule has 100 valence electrons. The van der Waals surface area contributed by atoms with Gasteiger partial charge < -0.3 is 10.6 Å². The first-order chi connectivity index (χ1) is 8.43. The van der Waals surface area contributed by atoms with Crippen molar-refractivity contribution in [2.24, 2.45) is 5.41 Å². The lowest BCUT2D eigenvalue weighted by Crippen LogP contribution is -2.37. The first kappa shape index (κ1) is 14.8. The minimum Gasteiger partial charge on any atom is -0.367 e. The van der Waals surface area contributed by atoms with Crippen LogP contribution in [-0.4, -0.2) is 35.4 Å². The molecule has 5 nitrogen and oxygen atoms in total. The predicted octanol–water partition coefficient (Wildman–Crippen LogP) is 1.77. The summed E-state index contributed by atoms with van der Waals surface area (Å²) in [5.41, 5.74) is -0.347. The molecule has 0 saturated heterocycles. The smallest absolute Gasteiger partial charge is 0.225 e. The molecule has 0 aliphatic rings. The van der Waals surface area contributed by atoms with Gasteiger partial charge in [-0.15, -0.1) is 22.0 Å². The number of rotatable bonds is 5. The van der Waals surface area contributed by atoms with Crippen LogP contribution in [0.2, 0.25) is 0 Å². The van der Waals surface area contributed by atoms with E-state index < -0.39 is 0 Å². The molecule has 0 unspecified atom stereocenters. The number of carbonyl (C=O) groups excluding carboxylic acids is 1. The lowest BCUT2D eigenvalue weighted by Gasteiger charge is -2.17. The molecule has 18 heavy (non-hydrogen) atoms. The number of amides is 1. The molecular weight excluding hydrogens is 248 g/mol. The van der Waals surface area contributed by atoms with E-state index >= 15 is 0 Å². The van der Waals surface area contributed by atoms with Crippen molar-refractivity contribution in [3.05, 3.63) is 12.1 Å². The molecule has 1 aromatic rings. The molecule has 0 saturated carbocycles. The Balaban J connectivity index is 2.27. The first-order valence-electron chi connectivity index (χ1n) is 5.83. The number of anilines is 1. The van der Waals surface area contributed by atoms with Crippen LogP contribution < -0.4 is 10.6 Å². The molecule has 1 rings (SSSR count). The van der Waals surface area contributed by atoms with Crippen molar-refractivity contribution in [1.82, 2.24) is 15.5 Å². The molecule has 1 aromatic heterocycles. The minimum atomic E-state index is -0.347. The number of nitrogens with one attached hydrogen (secondary N) is 2. The van der Waals surface area contributed by atoms with Gasteiger partial charge in [-0.25, -0.2) is 0 Å². The summed E-state index contributed by atoms with van der Waals surface area (Å²) >= 11 is 1.55. The lowest BCUT2D eigenvalue weighted by molar-refractivity contribution is -0.128. The Morgan fingerprint density at radius 3 is 2.50 bits per heavy atom. The van der Waals surface area contributed by atoms with Gasteiger partial charge in [0, 0.05) is 18.5 Å². The fourth-order valence-corrected chi connectivity index (χ4v) is 1.48. The zero-order chi connectivity index (χ0) is 13.6. The van der Waals surface area contributed by atoms with Gasteiger partial charge in [0.15, 0.2) is 0 Å². The fourth-order valence-electron chi connectivity index (χ4n) is 1.15. The molecule has 0 spiro atoms. The Morgan fingerprint density at radius 2 is 2.00 bits per heavy atom. The summed E-state index contributed by atoms with van der Waals surface area (Å²) in [6, 6.07) is 3.79. The van der Waals surface area contributed by atoms with Gasteiger partial charge in [-0.1, -0.05) is 20.8 Å². The van der Waals surface area contributed by atoms with Gasteiger partial charge in [-0.05, 0) is 18.4 Å². The largest absolute Gasteiger partial charge is 0.367 e. The highest BCUT2D eigenvalue weighted by molar-refractivity contribution is 7.98. The van der Waals surface area contributed by atoms with Crippen LogP contribution in [0.3, 0.4) is 0 Å². The predicted molar refractivity (Wildman–Crippen MR) is 74.8 cm³/mol. The van der Waals surface area contributed by atoms with Crippen LogP contribution in [0.15, 0.2) is 17.2 Å². The zero-order valence-electron chi connectivity index (χ0n) is 11.3. The van der Waals surface area contributed by atoms with E-state index in [4.69, 9.17) is 0 Å². The van der Waals surface area contributed by atoms with E-state index in [1.165, 1.54) is 0 Å². The maximum absolute atomic E-state index is 11.6. The maximum Gasteiger partial charge on any atom is 0.225 e. The Labute approximate surface area is 112 Å². The van der Waals surface area contributed by atoms with E-state index in [0.29, 0.717) is 13.1 Å². The van der Waals surface area contributed by atoms with Gasteiger partial charge in [0.1, 0.15) is 10.8 Å². The van der Waals surface area contributed by atoms with E-state index in [2.05, 4.69) is 20.8 Å². The molecular formula is C12H20N4OS. The lowest BCUT2D eigenvalue weighted by atomic mass is 9.96. The van der Waals surface area contributed by atoms with E-state index in [1.54, 1.807) is 11.8 Å². The van der Waals surface area contributed by atoms with Crippen LogP contribution in [-0.2, 0) is 4.79 Å². The molecule has 0 radical (unpaired) electrons. The Hall–Kier alpha value is -1.30. The molecule has 0 atom stereocenters. The molecule has 1 heterocycles. The van der Waals surface area contributed by atoms with Crippen LogP contribution in [0.5, 0.6) is 0 Å². The average Bonchev–Trinajstić information content (AvgIpc) is 2.34. The van der Waals surface area contributed by atoms with Gasteiger partial charge in [0.2, 0.25) is 5.91 Å². The number of aromatic nitrogens is 2. The van der Waals surface area contributed by atoms with Gasteiger partial charge in [0.25, 0.3) is 0 Å². The minimum absolute atomic E-state index is 0.0492. The average molecular weight is 268 g/mol. The van der Waals surface area contributed by atoms with Gasteiger partial charge in [0.05, 0.1) is 0 Å². The highest BCUT2D eigenvalue weighted by Gasteiger charge is 2.20. The Kier molecular flexibility index (Phi) is 5.40. The summed E-state index contributed by atoms with van der Waals surface area (Å²) in [6.07, 6.45) is 1.96. The van der Waals surface area contributed by atoms with Crippen LogP contribution >= 0.6 is 11.8 Å². The highest BCUT2D eigenvalue weighted by Crippen LogP contribution is 2.12. The third-order valence-electron chi connectivity index (χ3n) is 2.25. The van der Waals surface area contributed by atoms with E-state index in [1.807, 2.05) is 39.2 Å². The third-order valence-corrected chi connectivity index (χ3v) is 2.88. The summed E-state index contributed by atoms with van der Waals surface area (Å²) in [6.45, 7) is 6.88. The second-order valence-corrected chi connectivity index (χ2v) is 5.72. The second kappa shape index (κ2) is 6.58. The molecule has 2 N–H and O–H groups in total. The van der Waals surface area contributed by atoms with Gasteiger partial charge >= 0.3 is 0 Å². The molecule has 0 aliphatic heterocycles. The van der Waals surface area contributed by atoms with Crippen molar-refractivity contribution in [2.45, 2.75) is 25.8 Å². The van der Waals surface area contributed by atoms with E-state index in [-0.39, 0.29) is 11.3 Å². The second-order valence-electron chi connectivity index (χ2n) is 4.89.